The highest BCUT2D eigenvalue weighted by atomic mass is 16.3. The highest BCUT2D eigenvalue weighted by molar-refractivity contribution is 5.76. The summed E-state index contributed by atoms with van der Waals surface area (Å²) in [6.07, 6.45) is 1.86. The van der Waals surface area contributed by atoms with E-state index in [0.717, 1.165) is 12.8 Å². The summed E-state index contributed by atoms with van der Waals surface area (Å²) < 4.78 is 0. The molecular formula is C9H17NO2. The van der Waals surface area contributed by atoms with Crippen LogP contribution in [0.4, 0.5) is 0 Å². The average molecular weight is 171 g/mol. The maximum absolute atomic E-state index is 11.2. The van der Waals surface area contributed by atoms with Gasteiger partial charge in [0.15, 0.2) is 0 Å². The first-order valence-corrected chi connectivity index (χ1v) is 4.55. The van der Waals surface area contributed by atoms with Crippen molar-refractivity contribution in [1.82, 2.24) is 5.32 Å². The Hall–Kier alpha value is -0.570. The second-order valence-corrected chi connectivity index (χ2v) is 3.99. The molecule has 0 aromatic rings. The van der Waals surface area contributed by atoms with E-state index in [2.05, 4.69) is 5.32 Å². The number of rotatable bonds is 3. The smallest absolute Gasteiger partial charge is 0.220 e. The van der Waals surface area contributed by atoms with Crippen molar-refractivity contribution in [3.8, 4) is 0 Å². The van der Waals surface area contributed by atoms with Crippen LogP contribution in [0.25, 0.3) is 0 Å². The minimum absolute atomic E-state index is 0.113. The van der Waals surface area contributed by atoms with Crippen LogP contribution in [0.15, 0.2) is 0 Å². The van der Waals surface area contributed by atoms with E-state index in [-0.39, 0.29) is 18.1 Å². The van der Waals surface area contributed by atoms with Crippen molar-refractivity contribution in [1.29, 1.82) is 0 Å². The number of carbonyl (C=O) groups is 1. The number of aliphatic hydroxyl groups is 1. The van der Waals surface area contributed by atoms with Gasteiger partial charge in [0.2, 0.25) is 5.91 Å². The predicted molar refractivity (Wildman–Crippen MR) is 46.6 cm³/mol. The molecule has 0 aromatic carbocycles. The highest BCUT2D eigenvalue weighted by Crippen LogP contribution is 2.19. The van der Waals surface area contributed by atoms with Crippen LogP contribution in [-0.2, 0) is 4.79 Å². The molecule has 0 aliphatic heterocycles. The van der Waals surface area contributed by atoms with Crippen molar-refractivity contribution < 1.29 is 9.90 Å². The monoisotopic (exact) mass is 171 g/mol. The Bertz CT molecular complexity index is 162. The summed E-state index contributed by atoms with van der Waals surface area (Å²) in [4.78, 5) is 11.2. The predicted octanol–water partition coefficient (Wildman–Crippen LogP) is 0.672. The largest absolute Gasteiger partial charge is 0.393 e. The number of hydrogen-bond acceptors (Lipinski definition) is 2. The van der Waals surface area contributed by atoms with Crippen molar-refractivity contribution in [3.63, 3.8) is 0 Å². The second-order valence-electron chi connectivity index (χ2n) is 3.99. The molecule has 1 fully saturated rings. The van der Waals surface area contributed by atoms with Gasteiger partial charge in [-0.2, -0.15) is 0 Å². The lowest BCUT2D eigenvalue weighted by Gasteiger charge is -2.32. The summed E-state index contributed by atoms with van der Waals surface area (Å²) in [6.45, 7) is 4.05. The molecule has 12 heavy (non-hydrogen) atoms. The third kappa shape index (κ3) is 2.81. The molecule has 0 spiro atoms. The van der Waals surface area contributed by atoms with E-state index in [9.17, 15) is 4.79 Å². The zero-order valence-corrected chi connectivity index (χ0v) is 7.71. The molecule has 0 unspecified atom stereocenters. The Kier molecular flexibility index (Phi) is 3.09. The van der Waals surface area contributed by atoms with E-state index in [1.54, 1.807) is 0 Å². The molecule has 1 amide bonds. The van der Waals surface area contributed by atoms with Crippen molar-refractivity contribution in [2.24, 2.45) is 5.92 Å². The van der Waals surface area contributed by atoms with Gasteiger partial charge in [-0.05, 0) is 18.8 Å². The van der Waals surface area contributed by atoms with Gasteiger partial charge < -0.3 is 10.4 Å². The molecule has 1 aliphatic carbocycles. The van der Waals surface area contributed by atoms with E-state index in [4.69, 9.17) is 5.11 Å². The number of aliphatic hydroxyl groups excluding tert-OH is 1. The second kappa shape index (κ2) is 3.90. The number of amides is 1. The lowest BCUT2D eigenvalue weighted by atomic mass is 9.89. The molecule has 1 rings (SSSR count). The van der Waals surface area contributed by atoms with E-state index in [0.29, 0.717) is 12.3 Å². The topological polar surface area (TPSA) is 49.3 Å². The summed E-state index contributed by atoms with van der Waals surface area (Å²) in [5, 5.41) is 11.8. The fourth-order valence-corrected chi connectivity index (χ4v) is 1.36. The van der Waals surface area contributed by atoms with Gasteiger partial charge in [0.25, 0.3) is 0 Å². The fourth-order valence-electron chi connectivity index (χ4n) is 1.36. The molecule has 0 saturated heterocycles. The number of nitrogens with one attached hydrogen (secondary N) is 1. The SMILES string of the molecule is CC(C)CC(=O)NC1CC(O)C1. The summed E-state index contributed by atoms with van der Waals surface area (Å²) in [5.74, 6) is 0.525. The molecule has 1 aliphatic rings. The average Bonchev–Trinajstić information content (AvgIpc) is 1.82. The summed E-state index contributed by atoms with van der Waals surface area (Å²) in [6, 6.07) is 0.228. The van der Waals surface area contributed by atoms with Gasteiger partial charge in [0.1, 0.15) is 0 Å². The van der Waals surface area contributed by atoms with Gasteiger partial charge in [-0.3, -0.25) is 4.79 Å². The fraction of sp³-hybridized carbons (Fsp3) is 0.889. The first-order valence-electron chi connectivity index (χ1n) is 4.55. The quantitative estimate of drug-likeness (QED) is 0.655. The number of hydrogen-bond donors (Lipinski definition) is 2. The van der Waals surface area contributed by atoms with Crippen LogP contribution in [-0.4, -0.2) is 23.2 Å². The molecule has 0 atom stereocenters. The lowest BCUT2D eigenvalue weighted by molar-refractivity contribution is -0.123. The van der Waals surface area contributed by atoms with Crippen molar-refractivity contribution in [2.45, 2.75) is 45.3 Å². The first kappa shape index (κ1) is 9.52. The Labute approximate surface area is 73.2 Å². The molecule has 3 nitrogen and oxygen atoms in total. The molecule has 70 valence electrons. The van der Waals surface area contributed by atoms with E-state index >= 15 is 0 Å². The Morgan fingerprint density at radius 3 is 2.58 bits per heavy atom. The van der Waals surface area contributed by atoms with Gasteiger partial charge in [-0.25, -0.2) is 0 Å². The Balaban J connectivity index is 2.11. The maximum atomic E-state index is 11.2. The van der Waals surface area contributed by atoms with Crippen LogP contribution in [0.3, 0.4) is 0 Å². The van der Waals surface area contributed by atoms with Gasteiger partial charge in [-0.15, -0.1) is 0 Å². The summed E-state index contributed by atoms with van der Waals surface area (Å²) in [7, 11) is 0. The van der Waals surface area contributed by atoms with Gasteiger partial charge in [0, 0.05) is 12.5 Å². The molecule has 1 saturated carbocycles. The standard InChI is InChI=1S/C9H17NO2/c1-6(2)3-9(12)10-7-4-8(11)5-7/h6-8,11H,3-5H2,1-2H3,(H,10,12). The molecular weight excluding hydrogens is 154 g/mol. The van der Waals surface area contributed by atoms with Crippen LogP contribution < -0.4 is 5.32 Å². The maximum Gasteiger partial charge on any atom is 0.220 e. The van der Waals surface area contributed by atoms with Gasteiger partial charge in [-0.1, -0.05) is 13.8 Å². The third-order valence-corrected chi connectivity index (χ3v) is 2.07. The zero-order valence-electron chi connectivity index (χ0n) is 7.71. The molecule has 0 aromatic heterocycles. The van der Waals surface area contributed by atoms with Crippen LogP contribution >= 0.6 is 0 Å². The van der Waals surface area contributed by atoms with E-state index < -0.39 is 0 Å². The molecule has 0 bridgehead atoms. The van der Waals surface area contributed by atoms with Gasteiger partial charge in [0.05, 0.1) is 6.10 Å². The first-order chi connectivity index (χ1) is 5.58. The summed E-state index contributed by atoms with van der Waals surface area (Å²) >= 11 is 0. The van der Waals surface area contributed by atoms with Crippen LogP contribution in [0.1, 0.15) is 33.1 Å². The van der Waals surface area contributed by atoms with E-state index in [1.807, 2.05) is 13.8 Å². The number of carbonyl (C=O) groups excluding carboxylic acids is 1. The van der Waals surface area contributed by atoms with E-state index in [1.165, 1.54) is 0 Å². The lowest BCUT2D eigenvalue weighted by Crippen LogP contribution is -2.46. The van der Waals surface area contributed by atoms with Crippen molar-refractivity contribution in [2.75, 3.05) is 0 Å². The Morgan fingerprint density at radius 1 is 1.58 bits per heavy atom. The molecule has 3 heteroatoms. The highest BCUT2D eigenvalue weighted by Gasteiger charge is 2.28. The zero-order chi connectivity index (χ0) is 9.14. The van der Waals surface area contributed by atoms with Crippen LogP contribution in [0, 0.1) is 5.92 Å². The molecule has 0 heterocycles. The molecule has 2 N–H and O–H groups in total. The summed E-state index contributed by atoms with van der Waals surface area (Å²) in [5.41, 5.74) is 0. The van der Waals surface area contributed by atoms with Gasteiger partial charge >= 0.3 is 0 Å². The third-order valence-electron chi connectivity index (χ3n) is 2.07. The molecule has 0 radical (unpaired) electrons. The Morgan fingerprint density at radius 2 is 2.17 bits per heavy atom. The minimum atomic E-state index is -0.186. The van der Waals surface area contributed by atoms with Crippen molar-refractivity contribution >= 4 is 5.91 Å². The van der Waals surface area contributed by atoms with Crippen molar-refractivity contribution in [3.05, 3.63) is 0 Å². The van der Waals surface area contributed by atoms with Crippen LogP contribution in [0.5, 0.6) is 0 Å². The van der Waals surface area contributed by atoms with Crippen LogP contribution in [0.2, 0.25) is 0 Å². The minimum Gasteiger partial charge on any atom is -0.393 e. The normalized spacial score (nSPS) is 28.3.